The second-order valence-corrected chi connectivity index (χ2v) is 5.54. The van der Waals surface area contributed by atoms with E-state index in [0.29, 0.717) is 0 Å². The van der Waals surface area contributed by atoms with Gasteiger partial charge in [0.1, 0.15) is 0 Å². The highest BCUT2D eigenvalue weighted by Gasteiger charge is 2.18. The van der Waals surface area contributed by atoms with Crippen molar-refractivity contribution in [2.24, 2.45) is 15.7 Å². The maximum Gasteiger partial charge on any atom is 0.0902 e. The number of para-hydroxylation sites is 2. The monoisotopic (exact) mass is 298 g/mol. The molecule has 0 saturated carbocycles. The summed E-state index contributed by atoms with van der Waals surface area (Å²) in [5.74, 6) is 0. The van der Waals surface area contributed by atoms with E-state index in [0.717, 1.165) is 54.9 Å². The zero-order valence-electron chi connectivity index (χ0n) is 13.5. The van der Waals surface area contributed by atoms with Crippen molar-refractivity contribution < 1.29 is 0 Å². The van der Waals surface area contributed by atoms with Gasteiger partial charge in [0, 0.05) is 30.2 Å². The van der Waals surface area contributed by atoms with Gasteiger partial charge in [-0.1, -0.05) is 38.8 Å². The summed E-state index contributed by atoms with van der Waals surface area (Å²) < 4.78 is 0. The van der Waals surface area contributed by atoms with E-state index in [4.69, 9.17) is 5.73 Å². The molecule has 0 fully saturated rings. The maximum absolute atomic E-state index is 6.28. The van der Waals surface area contributed by atoms with Gasteiger partial charge in [-0.3, -0.25) is 9.98 Å². The fourth-order valence-electron chi connectivity index (χ4n) is 2.41. The lowest BCUT2D eigenvalue weighted by atomic mass is 10.0. The van der Waals surface area contributed by atoms with Crippen LogP contribution in [0.5, 0.6) is 0 Å². The van der Waals surface area contributed by atoms with Gasteiger partial charge < -0.3 is 11.1 Å². The minimum atomic E-state index is -0.00757. The van der Waals surface area contributed by atoms with Crippen molar-refractivity contribution >= 4 is 23.8 Å². The molecule has 1 aromatic rings. The number of allylic oxidation sites excluding steroid dienone is 1. The van der Waals surface area contributed by atoms with E-state index in [1.807, 2.05) is 36.7 Å². The lowest BCUT2D eigenvalue weighted by Crippen LogP contribution is -2.29. The molecule has 0 radical (unpaired) electrons. The summed E-state index contributed by atoms with van der Waals surface area (Å²) in [6.07, 6.45) is 8.01. The molecule has 0 amide bonds. The van der Waals surface area contributed by atoms with Crippen molar-refractivity contribution in [1.29, 1.82) is 0 Å². The van der Waals surface area contributed by atoms with Crippen LogP contribution in [0.25, 0.3) is 0 Å². The third-order valence-electron chi connectivity index (χ3n) is 3.67. The van der Waals surface area contributed by atoms with Crippen LogP contribution in [0, 0.1) is 0 Å². The number of fused-ring (bicyclic) bond motifs is 1. The standard InChI is InChI=1S/C18H26N4/c1-3-5-11-20-12-14(15(19)8-4-2)18-13-21-16-9-6-7-10-17(16)22-18/h6-7,9-10,12-13,18,22H,3-5,8,11,19H2,1-2H3. The Morgan fingerprint density at radius 1 is 1.32 bits per heavy atom. The normalized spacial score (nSPS) is 18.0. The molecule has 4 nitrogen and oxygen atoms in total. The van der Waals surface area contributed by atoms with Crippen LogP contribution in [0.15, 0.2) is 45.5 Å². The summed E-state index contributed by atoms with van der Waals surface area (Å²) in [6, 6.07) is 8.04. The second kappa shape index (κ2) is 8.37. The third-order valence-corrected chi connectivity index (χ3v) is 3.67. The predicted molar refractivity (Wildman–Crippen MR) is 96.4 cm³/mol. The van der Waals surface area contributed by atoms with Gasteiger partial charge in [-0.15, -0.1) is 0 Å². The van der Waals surface area contributed by atoms with Gasteiger partial charge in [0.05, 0.1) is 17.4 Å². The van der Waals surface area contributed by atoms with Gasteiger partial charge >= 0.3 is 0 Å². The van der Waals surface area contributed by atoms with Crippen molar-refractivity contribution in [1.82, 2.24) is 0 Å². The highest BCUT2D eigenvalue weighted by molar-refractivity contribution is 5.95. The van der Waals surface area contributed by atoms with Gasteiger partial charge in [0.15, 0.2) is 0 Å². The number of hydrogen-bond acceptors (Lipinski definition) is 4. The van der Waals surface area contributed by atoms with E-state index in [-0.39, 0.29) is 6.04 Å². The van der Waals surface area contributed by atoms with Crippen molar-refractivity contribution in [3.63, 3.8) is 0 Å². The Morgan fingerprint density at radius 2 is 2.14 bits per heavy atom. The van der Waals surface area contributed by atoms with E-state index in [1.165, 1.54) is 0 Å². The van der Waals surface area contributed by atoms with E-state index in [9.17, 15) is 0 Å². The van der Waals surface area contributed by atoms with Crippen LogP contribution in [0.4, 0.5) is 11.4 Å². The molecule has 4 heteroatoms. The molecule has 0 aliphatic carbocycles. The van der Waals surface area contributed by atoms with Crippen LogP contribution in [-0.2, 0) is 0 Å². The number of benzene rings is 1. The highest BCUT2D eigenvalue weighted by Crippen LogP contribution is 2.29. The number of unbranched alkanes of at least 4 members (excludes halogenated alkanes) is 1. The van der Waals surface area contributed by atoms with Gasteiger partial charge in [0.25, 0.3) is 0 Å². The quantitative estimate of drug-likeness (QED) is 0.589. The number of rotatable bonds is 7. The number of hydrogen-bond donors (Lipinski definition) is 2. The molecule has 1 heterocycles. The molecule has 0 bridgehead atoms. The predicted octanol–water partition coefficient (Wildman–Crippen LogP) is 4.07. The fourth-order valence-corrected chi connectivity index (χ4v) is 2.41. The smallest absolute Gasteiger partial charge is 0.0902 e. The van der Waals surface area contributed by atoms with Crippen LogP contribution < -0.4 is 11.1 Å². The molecular weight excluding hydrogens is 272 g/mol. The van der Waals surface area contributed by atoms with Crippen molar-refractivity contribution in [2.75, 3.05) is 11.9 Å². The third kappa shape index (κ3) is 4.20. The number of aliphatic imine (C=N–C) groups is 2. The first-order valence-electron chi connectivity index (χ1n) is 8.14. The molecule has 118 valence electrons. The number of nitrogens with two attached hydrogens (primary N) is 1. The Morgan fingerprint density at radius 3 is 2.91 bits per heavy atom. The van der Waals surface area contributed by atoms with Crippen LogP contribution in [0.3, 0.4) is 0 Å². The SMILES string of the molecule is CCCCN=CC(=C(N)CCC)C1C=Nc2ccccc2N1. The number of anilines is 1. The van der Waals surface area contributed by atoms with Crippen molar-refractivity contribution in [3.05, 3.63) is 35.5 Å². The van der Waals surface area contributed by atoms with E-state index < -0.39 is 0 Å². The minimum absolute atomic E-state index is 0.00757. The maximum atomic E-state index is 6.28. The topological polar surface area (TPSA) is 62.8 Å². The average molecular weight is 298 g/mol. The van der Waals surface area contributed by atoms with E-state index >= 15 is 0 Å². The molecule has 1 aromatic carbocycles. The number of nitrogens with one attached hydrogen (secondary N) is 1. The summed E-state index contributed by atoms with van der Waals surface area (Å²) in [4.78, 5) is 9.07. The summed E-state index contributed by atoms with van der Waals surface area (Å²) in [5.41, 5.74) is 10.2. The van der Waals surface area contributed by atoms with E-state index in [1.54, 1.807) is 0 Å². The largest absolute Gasteiger partial charge is 0.402 e. The van der Waals surface area contributed by atoms with Crippen LogP contribution >= 0.6 is 0 Å². The Balaban J connectivity index is 2.20. The molecule has 0 spiro atoms. The van der Waals surface area contributed by atoms with Crippen LogP contribution in [0.1, 0.15) is 39.5 Å². The van der Waals surface area contributed by atoms with Crippen molar-refractivity contribution in [3.8, 4) is 0 Å². The molecule has 3 N–H and O–H groups in total. The minimum Gasteiger partial charge on any atom is -0.402 e. The van der Waals surface area contributed by atoms with Gasteiger partial charge in [0.2, 0.25) is 0 Å². The molecule has 0 aromatic heterocycles. The zero-order chi connectivity index (χ0) is 15.8. The Kier molecular flexibility index (Phi) is 6.19. The summed E-state index contributed by atoms with van der Waals surface area (Å²) in [7, 11) is 0. The molecule has 1 aliphatic heterocycles. The molecular formula is C18H26N4. The van der Waals surface area contributed by atoms with Gasteiger partial charge in [-0.05, 0) is 25.0 Å². The highest BCUT2D eigenvalue weighted by atomic mass is 15.0. The fraction of sp³-hybridized carbons (Fsp3) is 0.444. The van der Waals surface area contributed by atoms with Gasteiger partial charge in [-0.2, -0.15) is 0 Å². The van der Waals surface area contributed by atoms with Crippen molar-refractivity contribution in [2.45, 2.75) is 45.6 Å². The lowest BCUT2D eigenvalue weighted by molar-refractivity contribution is 0.809. The van der Waals surface area contributed by atoms with Gasteiger partial charge in [-0.25, -0.2) is 0 Å². The Bertz CT molecular complexity index is 572. The summed E-state index contributed by atoms with van der Waals surface area (Å²) in [5, 5.41) is 3.50. The lowest BCUT2D eigenvalue weighted by Gasteiger charge is -2.23. The molecule has 2 rings (SSSR count). The molecule has 1 aliphatic rings. The van der Waals surface area contributed by atoms with E-state index in [2.05, 4.69) is 29.1 Å². The first-order chi connectivity index (χ1) is 10.8. The molecule has 22 heavy (non-hydrogen) atoms. The number of nitrogens with zero attached hydrogens (tertiary/aromatic N) is 2. The molecule has 1 atom stereocenters. The molecule has 0 saturated heterocycles. The summed E-state index contributed by atoms with van der Waals surface area (Å²) in [6.45, 7) is 5.15. The summed E-state index contributed by atoms with van der Waals surface area (Å²) >= 11 is 0. The zero-order valence-corrected chi connectivity index (χ0v) is 13.5. The second-order valence-electron chi connectivity index (χ2n) is 5.54. The van der Waals surface area contributed by atoms with Crippen LogP contribution in [0.2, 0.25) is 0 Å². The van der Waals surface area contributed by atoms with Crippen LogP contribution in [-0.4, -0.2) is 25.0 Å². The first-order valence-corrected chi connectivity index (χ1v) is 8.14. The first kappa shape index (κ1) is 16.3. The molecule has 1 unspecified atom stereocenters. The Hall–Kier alpha value is -2.10. The average Bonchev–Trinajstić information content (AvgIpc) is 2.54. The Labute approximate surface area is 133 Å².